The van der Waals surface area contributed by atoms with Gasteiger partial charge in [-0.1, -0.05) is 28.1 Å². The standard InChI is InChI=1S/C15H18BrN3O/c1-12(13-2-4-14(16)5-3-13)18-8-10-19(11-9-18)15(20)6-7-17/h2-5,12H,6,8-11H2,1H3/t12-/m0/s1. The van der Waals surface area contributed by atoms with E-state index in [0.29, 0.717) is 19.1 Å². The molecule has 1 fully saturated rings. The Morgan fingerprint density at radius 2 is 1.90 bits per heavy atom. The van der Waals surface area contributed by atoms with E-state index in [9.17, 15) is 4.79 Å². The van der Waals surface area contributed by atoms with Gasteiger partial charge in [0.25, 0.3) is 0 Å². The Labute approximate surface area is 128 Å². The van der Waals surface area contributed by atoms with Crippen LogP contribution in [0.15, 0.2) is 28.7 Å². The van der Waals surface area contributed by atoms with Crippen LogP contribution in [-0.4, -0.2) is 41.9 Å². The molecule has 106 valence electrons. The number of carbonyl (C=O) groups is 1. The first-order valence-corrected chi connectivity index (χ1v) is 7.55. The van der Waals surface area contributed by atoms with Gasteiger partial charge in [-0.05, 0) is 24.6 Å². The van der Waals surface area contributed by atoms with Crippen LogP contribution in [0.4, 0.5) is 0 Å². The summed E-state index contributed by atoms with van der Waals surface area (Å²) < 4.78 is 1.08. The van der Waals surface area contributed by atoms with E-state index in [-0.39, 0.29) is 12.3 Å². The SMILES string of the molecule is C[C@@H](c1ccc(Br)cc1)N1CCN(C(=O)CC#N)CC1. The van der Waals surface area contributed by atoms with Crippen LogP contribution < -0.4 is 0 Å². The van der Waals surface area contributed by atoms with Crippen molar-refractivity contribution in [1.82, 2.24) is 9.80 Å². The van der Waals surface area contributed by atoms with Crippen molar-refractivity contribution in [1.29, 1.82) is 5.26 Å². The number of benzene rings is 1. The van der Waals surface area contributed by atoms with Gasteiger partial charge in [0, 0.05) is 36.7 Å². The first kappa shape index (κ1) is 15.0. The maximum atomic E-state index is 11.7. The summed E-state index contributed by atoms with van der Waals surface area (Å²) in [6.45, 7) is 5.32. The number of carbonyl (C=O) groups excluding carboxylic acids is 1. The highest BCUT2D eigenvalue weighted by atomic mass is 79.9. The summed E-state index contributed by atoms with van der Waals surface area (Å²) in [7, 11) is 0. The first-order valence-electron chi connectivity index (χ1n) is 6.76. The Hall–Kier alpha value is -1.38. The fourth-order valence-corrected chi connectivity index (χ4v) is 2.75. The van der Waals surface area contributed by atoms with Crippen LogP contribution in [0, 0.1) is 11.3 Å². The summed E-state index contributed by atoms with van der Waals surface area (Å²) in [4.78, 5) is 15.8. The molecular formula is C15H18BrN3O. The summed E-state index contributed by atoms with van der Waals surface area (Å²) in [6, 6.07) is 10.6. The molecule has 0 radical (unpaired) electrons. The van der Waals surface area contributed by atoms with Gasteiger partial charge in [0.15, 0.2) is 0 Å². The van der Waals surface area contributed by atoms with Gasteiger partial charge in [-0.2, -0.15) is 5.26 Å². The van der Waals surface area contributed by atoms with E-state index >= 15 is 0 Å². The van der Waals surface area contributed by atoms with E-state index in [1.165, 1.54) is 5.56 Å². The van der Waals surface area contributed by atoms with Gasteiger partial charge in [0.1, 0.15) is 6.42 Å². The molecule has 1 aliphatic rings. The van der Waals surface area contributed by atoms with Crippen molar-refractivity contribution in [3.05, 3.63) is 34.3 Å². The molecule has 0 saturated carbocycles. The highest BCUT2D eigenvalue weighted by Crippen LogP contribution is 2.23. The molecule has 20 heavy (non-hydrogen) atoms. The van der Waals surface area contributed by atoms with Gasteiger partial charge in [0.05, 0.1) is 6.07 Å². The zero-order valence-corrected chi connectivity index (χ0v) is 13.1. The summed E-state index contributed by atoms with van der Waals surface area (Å²) in [6.07, 6.45) is -0.0116. The molecule has 1 saturated heterocycles. The van der Waals surface area contributed by atoms with Crippen molar-refractivity contribution in [3.8, 4) is 6.07 Å². The highest BCUT2D eigenvalue weighted by Gasteiger charge is 2.24. The van der Waals surface area contributed by atoms with Crippen LogP contribution in [0.3, 0.4) is 0 Å². The number of amides is 1. The Kier molecular flexibility index (Phi) is 5.16. The van der Waals surface area contributed by atoms with Crippen LogP contribution in [0.1, 0.15) is 24.9 Å². The molecule has 1 aliphatic heterocycles. The summed E-state index contributed by atoms with van der Waals surface area (Å²) in [5.74, 6) is -0.0524. The van der Waals surface area contributed by atoms with E-state index in [1.807, 2.05) is 6.07 Å². The third-order valence-electron chi connectivity index (χ3n) is 3.80. The minimum atomic E-state index is -0.0524. The predicted molar refractivity (Wildman–Crippen MR) is 80.9 cm³/mol. The first-order chi connectivity index (χ1) is 9.61. The van der Waals surface area contributed by atoms with Gasteiger partial charge in [-0.25, -0.2) is 0 Å². The molecule has 1 aromatic rings. The average Bonchev–Trinajstić information content (AvgIpc) is 2.48. The lowest BCUT2D eigenvalue weighted by molar-refractivity contribution is -0.132. The van der Waals surface area contributed by atoms with E-state index in [4.69, 9.17) is 5.26 Å². The molecule has 0 bridgehead atoms. The minimum Gasteiger partial charge on any atom is -0.339 e. The molecule has 1 aromatic carbocycles. The number of hydrogen-bond acceptors (Lipinski definition) is 3. The van der Waals surface area contributed by atoms with Crippen LogP contribution >= 0.6 is 15.9 Å². The van der Waals surface area contributed by atoms with Crippen molar-refractivity contribution in [2.75, 3.05) is 26.2 Å². The quantitative estimate of drug-likeness (QED) is 0.852. The van der Waals surface area contributed by atoms with Crippen LogP contribution in [0.5, 0.6) is 0 Å². The molecule has 0 spiro atoms. The monoisotopic (exact) mass is 335 g/mol. The topological polar surface area (TPSA) is 47.3 Å². The second-order valence-corrected chi connectivity index (χ2v) is 5.89. The molecule has 5 heteroatoms. The lowest BCUT2D eigenvalue weighted by Gasteiger charge is -2.38. The molecule has 1 atom stereocenters. The maximum absolute atomic E-state index is 11.7. The average molecular weight is 336 g/mol. The Morgan fingerprint density at radius 1 is 1.30 bits per heavy atom. The molecule has 0 aliphatic carbocycles. The lowest BCUT2D eigenvalue weighted by atomic mass is 10.1. The fraction of sp³-hybridized carbons (Fsp3) is 0.467. The van der Waals surface area contributed by atoms with E-state index in [1.54, 1.807) is 4.90 Å². The summed E-state index contributed by atoms with van der Waals surface area (Å²) >= 11 is 3.44. The van der Waals surface area contributed by atoms with Crippen molar-refractivity contribution in [2.24, 2.45) is 0 Å². The summed E-state index contributed by atoms with van der Waals surface area (Å²) in [5, 5.41) is 8.57. The lowest BCUT2D eigenvalue weighted by Crippen LogP contribution is -2.49. The minimum absolute atomic E-state index is 0.0116. The van der Waals surface area contributed by atoms with Crippen molar-refractivity contribution >= 4 is 21.8 Å². The van der Waals surface area contributed by atoms with Gasteiger partial charge >= 0.3 is 0 Å². The second-order valence-electron chi connectivity index (χ2n) is 4.98. The van der Waals surface area contributed by atoms with Gasteiger partial charge in [-0.15, -0.1) is 0 Å². The second kappa shape index (κ2) is 6.87. The Bertz CT molecular complexity index is 501. The molecule has 4 nitrogen and oxygen atoms in total. The Balaban J connectivity index is 1.92. The van der Waals surface area contributed by atoms with E-state index < -0.39 is 0 Å². The molecule has 2 rings (SSSR count). The maximum Gasteiger partial charge on any atom is 0.236 e. The predicted octanol–water partition coefficient (Wildman–Crippen LogP) is 2.57. The highest BCUT2D eigenvalue weighted by molar-refractivity contribution is 9.10. The molecule has 0 unspecified atom stereocenters. The van der Waals surface area contributed by atoms with Gasteiger partial charge in [0.2, 0.25) is 5.91 Å². The molecule has 1 amide bonds. The van der Waals surface area contributed by atoms with Gasteiger partial charge < -0.3 is 4.90 Å². The third kappa shape index (κ3) is 3.59. The van der Waals surface area contributed by atoms with Crippen molar-refractivity contribution in [2.45, 2.75) is 19.4 Å². The zero-order chi connectivity index (χ0) is 14.5. The fourth-order valence-electron chi connectivity index (χ4n) is 2.49. The molecule has 0 aromatic heterocycles. The van der Waals surface area contributed by atoms with Crippen molar-refractivity contribution < 1.29 is 4.79 Å². The molecule has 0 N–H and O–H groups in total. The zero-order valence-electron chi connectivity index (χ0n) is 11.6. The van der Waals surface area contributed by atoms with Crippen LogP contribution in [-0.2, 0) is 4.79 Å². The number of halogens is 1. The largest absolute Gasteiger partial charge is 0.339 e. The third-order valence-corrected chi connectivity index (χ3v) is 4.33. The number of nitriles is 1. The Morgan fingerprint density at radius 3 is 2.45 bits per heavy atom. The normalized spacial score (nSPS) is 17.6. The number of hydrogen-bond donors (Lipinski definition) is 0. The smallest absolute Gasteiger partial charge is 0.236 e. The van der Waals surface area contributed by atoms with Crippen molar-refractivity contribution in [3.63, 3.8) is 0 Å². The number of piperazine rings is 1. The molecular weight excluding hydrogens is 318 g/mol. The summed E-state index contributed by atoms with van der Waals surface area (Å²) in [5.41, 5.74) is 1.28. The number of nitrogens with zero attached hydrogens (tertiary/aromatic N) is 3. The van der Waals surface area contributed by atoms with E-state index in [0.717, 1.165) is 17.6 Å². The van der Waals surface area contributed by atoms with Gasteiger partial charge in [-0.3, -0.25) is 9.69 Å². The van der Waals surface area contributed by atoms with Crippen LogP contribution in [0.25, 0.3) is 0 Å². The number of rotatable bonds is 3. The van der Waals surface area contributed by atoms with E-state index in [2.05, 4.69) is 52.0 Å². The van der Waals surface area contributed by atoms with Crippen LogP contribution in [0.2, 0.25) is 0 Å². The molecule has 1 heterocycles.